The third kappa shape index (κ3) is 2.03. The number of imide groups is 1. The number of carbonyl (C=O) groups excluding carboxylic acids is 2. The van der Waals surface area contributed by atoms with E-state index in [4.69, 9.17) is 4.74 Å². The van der Waals surface area contributed by atoms with E-state index in [2.05, 4.69) is 0 Å². The number of carbonyl (C=O) groups is 2. The van der Waals surface area contributed by atoms with Gasteiger partial charge in [0.1, 0.15) is 0 Å². The Kier molecular flexibility index (Phi) is 3.69. The Morgan fingerprint density at radius 1 is 1.21 bits per heavy atom. The van der Waals surface area contributed by atoms with Gasteiger partial charge in [-0.2, -0.15) is 0 Å². The van der Waals surface area contributed by atoms with E-state index in [1.54, 1.807) is 6.07 Å². The Labute approximate surface area is 112 Å². The molecule has 2 amide bonds. The maximum Gasteiger partial charge on any atom is 0.421 e. The van der Waals surface area contributed by atoms with Gasteiger partial charge in [-0.15, -0.1) is 0 Å². The summed E-state index contributed by atoms with van der Waals surface area (Å²) in [6, 6.07) is 7.31. The first-order valence-electron chi connectivity index (χ1n) is 6.39. The Hall–Kier alpha value is -2.10. The number of benzene rings is 1. The number of hydrogen-bond acceptors (Lipinski definition) is 3. The SMILES string of the molecule is CCC(CC)=C1C(=O)N(C(=O)OC)c2ccccc21. The summed E-state index contributed by atoms with van der Waals surface area (Å²) in [4.78, 5) is 25.4. The zero-order valence-electron chi connectivity index (χ0n) is 11.4. The van der Waals surface area contributed by atoms with Crippen LogP contribution in [0, 0.1) is 0 Å². The predicted octanol–water partition coefficient (Wildman–Crippen LogP) is 3.37. The molecule has 4 nitrogen and oxygen atoms in total. The van der Waals surface area contributed by atoms with Gasteiger partial charge in [0, 0.05) is 11.1 Å². The van der Waals surface area contributed by atoms with E-state index in [-0.39, 0.29) is 5.91 Å². The lowest BCUT2D eigenvalue weighted by Gasteiger charge is -2.13. The molecule has 1 aromatic carbocycles. The van der Waals surface area contributed by atoms with Crippen molar-refractivity contribution in [3.8, 4) is 0 Å². The van der Waals surface area contributed by atoms with Crippen molar-refractivity contribution in [1.29, 1.82) is 0 Å². The van der Waals surface area contributed by atoms with Crippen LogP contribution in [0.25, 0.3) is 5.57 Å². The number of rotatable bonds is 2. The molecule has 1 aliphatic rings. The van der Waals surface area contributed by atoms with Crippen LogP contribution in [0.3, 0.4) is 0 Å². The van der Waals surface area contributed by atoms with Crippen LogP contribution < -0.4 is 4.90 Å². The van der Waals surface area contributed by atoms with Crippen LogP contribution >= 0.6 is 0 Å². The highest BCUT2D eigenvalue weighted by atomic mass is 16.5. The molecule has 0 fully saturated rings. The smallest absolute Gasteiger partial charge is 0.421 e. The summed E-state index contributed by atoms with van der Waals surface area (Å²) < 4.78 is 4.70. The summed E-state index contributed by atoms with van der Waals surface area (Å²) in [7, 11) is 1.28. The minimum absolute atomic E-state index is 0.285. The fourth-order valence-electron chi connectivity index (χ4n) is 2.43. The monoisotopic (exact) mass is 259 g/mol. The standard InChI is InChI=1S/C15H17NO3/c1-4-10(5-2)13-11-8-6-7-9-12(11)16(14(13)17)15(18)19-3/h6-9H,4-5H2,1-3H3. The molecular formula is C15H17NO3. The van der Waals surface area contributed by atoms with E-state index in [0.29, 0.717) is 11.3 Å². The molecule has 0 radical (unpaired) electrons. The molecule has 1 aromatic rings. The number of fused-ring (bicyclic) bond motifs is 1. The lowest BCUT2D eigenvalue weighted by Crippen LogP contribution is -2.33. The number of ether oxygens (including phenoxy) is 1. The van der Waals surface area contributed by atoms with Gasteiger partial charge in [0.15, 0.2) is 0 Å². The first-order chi connectivity index (χ1) is 9.15. The lowest BCUT2D eigenvalue weighted by molar-refractivity contribution is -0.112. The van der Waals surface area contributed by atoms with Crippen LogP contribution in [-0.4, -0.2) is 19.1 Å². The Morgan fingerprint density at radius 2 is 1.84 bits per heavy atom. The molecule has 0 bridgehead atoms. The van der Waals surface area contributed by atoms with Gasteiger partial charge in [0.25, 0.3) is 5.91 Å². The molecule has 0 aliphatic carbocycles. The maximum atomic E-state index is 12.5. The average molecular weight is 259 g/mol. The molecule has 100 valence electrons. The summed E-state index contributed by atoms with van der Waals surface area (Å²) in [6.45, 7) is 4.03. The van der Waals surface area contributed by atoms with Gasteiger partial charge in [-0.3, -0.25) is 4.79 Å². The number of methoxy groups -OCH3 is 1. The summed E-state index contributed by atoms with van der Waals surface area (Å²) in [5.41, 5.74) is 3.13. The number of anilines is 1. The summed E-state index contributed by atoms with van der Waals surface area (Å²) >= 11 is 0. The molecule has 0 N–H and O–H groups in total. The lowest BCUT2D eigenvalue weighted by atomic mass is 9.98. The number of amides is 2. The van der Waals surface area contributed by atoms with Crippen molar-refractivity contribution in [2.45, 2.75) is 26.7 Å². The molecule has 0 aromatic heterocycles. The molecule has 0 unspecified atom stereocenters. The van der Waals surface area contributed by atoms with E-state index >= 15 is 0 Å². The van der Waals surface area contributed by atoms with Crippen LogP contribution in [0.15, 0.2) is 29.8 Å². The summed E-state index contributed by atoms with van der Waals surface area (Å²) in [5.74, 6) is -0.285. The van der Waals surface area contributed by atoms with Gasteiger partial charge >= 0.3 is 6.09 Å². The zero-order chi connectivity index (χ0) is 14.0. The second kappa shape index (κ2) is 5.26. The largest absolute Gasteiger partial charge is 0.452 e. The zero-order valence-corrected chi connectivity index (χ0v) is 11.4. The second-order valence-corrected chi connectivity index (χ2v) is 4.31. The third-order valence-corrected chi connectivity index (χ3v) is 3.40. The number of para-hydroxylation sites is 1. The Balaban J connectivity index is 2.66. The van der Waals surface area contributed by atoms with Gasteiger partial charge in [-0.1, -0.05) is 37.6 Å². The van der Waals surface area contributed by atoms with Crippen molar-refractivity contribution in [3.05, 3.63) is 35.4 Å². The number of allylic oxidation sites excluding steroid dienone is 1. The van der Waals surface area contributed by atoms with Crippen LogP contribution in [-0.2, 0) is 9.53 Å². The van der Waals surface area contributed by atoms with Crippen molar-refractivity contribution >= 4 is 23.3 Å². The molecular weight excluding hydrogens is 242 g/mol. The van der Waals surface area contributed by atoms with Crippen molar-refractivity contribution in [3.63, 3.8) is 0 Å². The third-order valence-electron chi connectivity index (χ3n) is 3.40. The molecule has 0 saturated heterocycles. The first-order valence-corrected chi connectivity index (χ1v) is 6.39. The Bertz CT molecular complexity index is 554. The highest BCUT2D eigenvalue weighted by molar-refractivity contribution is 6.39. The van der Waals surface area contributed by atoms with Crippen molar-refractivity contribution in [2.75, 3.05) is 12.0 Å². The molecule has 1 heterocycles. The fourth-order valence-corrected chi connectivity index (χ4v) is 2.43. The first kappa shape index (κ1) is 13.3. The normalized spacial score (nSPS) is 13.5. The van der Waals surface area contributed by atoms with E-state index in [0.717, 1.165) is 28.9 Å². The molecule has 4 heteroatoms. The topological polar surface area (TPSA) is 46.6 Å². The molecule has 2 rings (SSSR count). The van der Waals surface area contributed by atoms with E-state index in [1.165, 1.54) is 7.11 Å². The fraction of sp³-hybridized carbons (Fsp3) is 0.333. The van der Waals surface area contributed by atoms with Gasteiger partial charge < -0.3 is 4.74 Å². The van der Waals surface area contributed by atoms with E-state index in [9.17, 15) is 9.59 Å². The molecule has 1 aliphatic heterocycles. The Morgan fingerprint density at radius 3 is 2.42 bits per heavy atom. The highest BCUT2D eigenvalue weighted by Crippen LogP contribution is 2.39. The van der Waals surface area contributed by atoms with Crippen LogP contribution in [0.4, 0.5) is 10.5 Å². The minimum Gasteiger partial charge on any atom is -0.452 e. The van der Waals surface area contributed by atoms with Gasteiger partial charge in [-0.25, -0.2) is 9.69 Å². The minimum atomic E-state index is -0.640. The van der Waals surface area contributed by atoms with Crippen LogP contribution in [0.1, 0.15) is 32.3 Å². The van der Waals surface area contributed by atoms with Crippen molar-refractivity contribution in [1.82, 2.24) is 0 Å². The van der Waals surface area contributed by atoms with Crippen LogP contribution in [0.2, 0.25) is 0 Å². The van der Waals surface area contributed by atoms with Gasteiger partial charge in [0.2, 0.25) is 0 Å². The van der Waals surface area contributed by atoms with E-state index in [1.807, 2.05) is 32.0 Å². The van der Waals surface area contributed by atoms with Gasteiger partial charge in [-0.05, 0) is 18.9 Å². The van der Waals surface area contributed by atoms with Crippen molar-refractivity contribution in [2.24, 2.45) is 0 Å². The maximum absolute atomic E-state index is 12.5. The van der Waals surface area contributed by atoms with Crippen LogP contribution in [0.5, 0.6) is 0 Å². The summed E-state index contributed by atoms with van der Waals surface area (Å²) in [6.07, 6.45) is 0.945. The quantitative estimate of drug-likeness (QED) is 0.765. The van der Waals surface area contributed by atoms with E-state index < -0.39 is 6.09 Å². The molecule has 0 spiro atoms. The highest BCUT2D eigenvalue weighted by Gasteiger charge is 2.38. The molecule has 0 atom stereocenters. The van der Waals surface area contributed by atoms with Gasteiger partial charge in [0.05, 0.1) is 12.8 Å². The second-order valence-electron chi connectivity index (χ2n) is 4.31. The average Bonchev–Trinajstić information content (AvgIpc) is 2.73. The molecule has 0 saturated carbocycles. The van der Waals surface area contributed by atoms with Crippen molar-refractivity contribution < 1.29 is 14.3 Å². The predicted molar refractivity (Wildman–Crippen MR) is 73.8 cm³/mol. The molecule has 19 heavy (non-hydrogen) atoms. The summed E-state index contributed by atoms with van der Waals surface area (Å²) in [5, 5.41) is 0. The number of hydrogen-bond donors (Lipinski definition) is 0. The number of nitrogens with zero attached hydrogens (tertiary/aromatic N) is 1.